The van der Waals surface area contributed by atoms with Crippen LogP contribution in [-0.2, 0) is 21.6 Å². The molecule has 2 aromatic rings. The Balaban J connectivity index is 1.51. The standard InChI is InChI=1S/C22H28Cl2O2S2/c23-21(27(25)19-13-7-5-8-14-19)17-11-3-1-2-4-12-18-22(24)28(26)20-15-9-6-10-16-20/h5-10,13-16,21-22H,1-4,11-12,17-18H2. The van der Waals surface area contributed by atoms with E-state index in [0.29, 0.717) is 0 Å². The Morgan fingerprint density at radius 3 is 1.25 bits per heavy atom. The van der Waals surface area contributed by atoms with Gasteiger partial charge >= 0.3 is 0 Å². The van der Waals surface area contributed by atoms with Gasteiger partial charge in [-0.2, -0.15) is 0 Å². The summed E-state index contributed by atoms with van der Waals surface area (Å²) < 4.78 is 24.0. The van der Waals surface area contributed by atoms with E-state index in [1.54, 1.807) is 0 Å². The van der Waals surface area contributed by atoms with Crippen LogP contribution in [0.3, 0.4) is 0 Å². The van der Waals surface area contributed by atoms with Gasteiger partial charge in [0.05, 0.1) is 21.6 Å². The third kappa shape index (κ3) is 8.36. The molecule has 2 nitrogen and oxygen atoms in total. The molecule has 4 atom stereocenters. The predicted molar refractivity (Wildman–Crippen MR) is 122 cm³/mol. The van der Waals surface area contributed by atoms with Crippen molar-refractivity contribution in [3.63, 3.8) is 0 Å². The molecule has 0 saturated heterocycles. The summed E-state index contributed by atoms with van der Waals surface area (Å²) in [5.74, 6) is 0. The highest BCUT2D eigenvalue weighted by Crippen LogP contribution is 2.22. The first-order chi connectivity index (χ1) is 13.6. The third-order valence-electron chi connectivity index (χ3n) is 4.53. The van der Waals surface area contributed by atoms with Crippen molar-refractivity contribution in [2.24, 2.45) is 0 Å². The molecular formula is C22H28Cl2O2S2. The minimum absolute atomic E-state index is 0.327. The van der Waals surface area contributed by atoms with E-state index in [1.165, 1.54) is 0 Å². The van der Waals surface area contributed by atoms with Crippen molar-refractivity contribution in [2.75, 3.05) is 0 Å². The fourth-order valence-corrected chi connectivity index (χ4v) is 6.06. The van der Waals surface area contributed by atoms with Gasteiger partial charge in [-0.25, -0.2) is 0 Å². The Morgan fingerprint density at radius 1 is 0.571 bits per heavy atom. The van der Waals surface area contributed by atoms with Gasteiger partial charge in [-0.1, -0.05) is 74.9 Å². The van der Waals surface area contributed by atoms with E-state index in [1.807, 2.05) is 60.7 Å². The van der Waals surface area contributed by atoms with E-state index in [0.717, 1.165) is 61.2 Å². The van der Waals surface area contributed by atoms with Crippen LogP contribution >= 0.6 is 23.2 Å². The topological polar surface area (TPSA) is 34.1 Å². The minimum Gasteiger partial charge on any atom is -0.253 e. The Hall–Kier alpha value is -0.680. The van der Waals surface area contributed by atoms with Crippen molar-refractivity contribution in [2.45, 2.75) is 70.6 Å². The second-order valence-electron chi connectivity index (χ2n) is 6.74. The minimum atomic E-state index is -1.14. The van der Waals surface area contributed by atoms with E-state index in [4.69, 9.17) is 23.2 Å². The SMILES string of the molecule is O=S(c1ccccc1)C(Cl)CCCCCCCCC(Cl)S(=O)c1ccccc1. The van der Waals surface area contributed by atoms with Crippen LogP contribution < -0.4 is 0 Å². The summed E-state index contributed by atoms with van der Waals surface area (Å²) in [4.78, 5) is 1.59. The van der Waals surface area contributed by atoms with Gasteiger partial charge in [0.1, 0.15) is 9.42 Å². The maximum absolute atomic E-state index is 12.3. The summed E-state index contributed by atoms with van der Waals surface area (Å²) in [6.07, 6.45) is 7.97. The first-order valence-corrected chi connectivity index (χ1v) is 13.1. The van der Waals surface area contributed by atoms with Crippen LogP contribution in [0.5, 0.6) is 0 Å². The number of benzene rings is 2. The summed E-state index contributed by atoms with van der Waals surface area (Å²) in [5, 5.41) is 0. The number of alkyl halides is 2. The lowest BCUT2D eigenvalue weighted by Crippen LogP contribution is -2.08. The second-order valence-corrected chi connectivity index (χ2v) is 11.6. The molecule has 0 fully saturated rings. The average Bonchev–Trinajstić information content (AvgIpc) is 2.75. The highest BCUT2D eigenvalue weighted by atomic mass is 35.5. The molecule has 0 N–H and O–H groups in total. The van der Waals surface area contributed by atoms with Crippen molar-refractivity contribution in [3.05, 3.63) is 60.7 Å². The molecule has 0 radical (unpaired) electrons. The molecule has 0 bridgehead atoms. The largest absolute Gasteiger partial charge is 0.253 e. The van der Waals surface area contributed by atoms with Crippen LogP contribution in [0.4, 0.5) is 0 Å². The first kappa shape index (κ1) is 23.6. The Kier molecular flexibility index (Phi) is 11.4. The van der Waals surface area contributed by atoms with Crippen LogP contribution in [0.25, 0.3) is 0 Å². The van der Waals surface area contributed by atoms with Crippen LogP contribution in [0.15, 0.2) is 70.5 Å². The van der Waals surface area contributed by atoms with Crippen molar-refractivity contribution >= 4 is 44.8 Å². The maximum atomic E-state index is 12.3. The zero-order chi connectivity index (χ0) is 20.2. The molecule has 0 aliphatic carbocycles. The average molecular weight is 460 g/mol. The molecule has 2 aromatic carbocycles. The van der Waals surface area contributed by atoms with Crippen molar-refractivity contribution in [1.29, 1.82) is 0 Å². The fraction of sp³-hybridized carbons (Fsp3) is 0.455. The highest BCUT2D eigenvalue weighted by molar-refractivity contribution is 7.87. The van der Waals surface area contributed by atoms with Gasteiger partial charge in [-0.15, -0.1) is 23.2 Å². The third-order valence-corrected chi connectivity index (χ3v) is 8.81. The van der Waals surface area contributed by atoms with E-state index in [-0.39, 0.29) is 9.42 Å². The lowest BCUT2D eigenvalue weighted by Gasteiger charge is -2.10. The number of hydrogen-bond acceptors (Lipinski definition) is 2. The summed E-state index contributed by atoms with van der Waals surface area (Å²) in [6, 6.07) is 18.8. The zero-order valence-electron chi connectivity index (χ0n) is 16.0. The fourth-order valence-electron chi connectivity index (χ4n) is 2.94. The normalized spacial score (nSPS) is 15.6. The highest BCUT2D eigenvalue weighted by Gasteiger charge is 2.15. The first-order valence-electron chi connectivity index (χ1n) is 9.79. The van der Waals surface area contributed by atoms with Crippen LogP contribution in [0.1, 0.15) is 51.4 Å². The zero-order valence-corrected chi connectivity index (χ0v) is 19.1. The summed E-state index contributed by atoms with van der Waals surface area (Å²) in [7, 11) is -2.28. The molecule has 4 unspecified atom stereocenters. The monoisotopic (exact) mass is 458 g/mol. The Bertz CT molecular complexity index is 662. The smallest absolute Gasteiger partial charge is 0.113 e. The quantitative estimate of drug-likeness (QED) is 0.242. The lowest BCUT2D eigenvalue weighted by molar-refractivity contribution is 0.577. The molecule has 154 valence electrons. The van der Waals surface area contributed by atoms with Crippen molar-refractivity contribution < 1.29 is 8.42 Å². The molecule has 0 spiro atoms. The molecule has 0 heterocycles. The van der Waals surface area contributed by atoms with E-state index in [9.17, 15) is 8.42 Å². The lowest BCUT2D eigenvalue weighted by atomic mass is 10.1. The van der Waals surface area contributed by atoms with Gasteiger partial charge in [0, 0.05) is 9.79 Å². The summed E-state index contributed by atoms with van der Waals surface area (Å²) in [6.45, 7) is 0. The number of hydrogen-bond donors (Lipinski definition) is 0. The van der Waals surface area contributed by atoms with E-state index < -0.39 is 21.6 Å². The predicted octanol–water partition coefficient (Wildman–Crippen LogP) is 6.85. The second kappa shape index (κ2) is 13.5. The van der Waals surface area contributed by atoms with Gasteiger partial charge < -0.3 is 0 Å². The molecule has 0 aliphatic heterocycles. The van der Waals surface area contributed by atoms with Gasteiger partial charge in [0.15, 0.2) is 0 Å². The summed E-state index contributed by atoms with van der Waals surface area (Å²) >= 11 is 12.6. The molecule has 0 aromatic heterocycles. The molecule has 6 heteroatoms. The molecule has 2 rings (SSSR count). The van der Waals surface area contributed by atoms with Gasteiger partial charge in [0.25, 0.3) is 0 Å². The van der Waals surface area contributed by atoms with Crippen LogP contribution in [-0.4, -0.2) is 17.8 Å². The van der Waals surface area contributed by atoms with E-state index in [2.05, 4.69) is 0 Å². The number of halogens is 2. The Labute approximate surface area is 183 Å². The molecule has 0 aliphatic rings. The molecule has 28 heavy (non-hydrogen) atoms. The summed E-state index contributed by atoms with van der Waals surface area (Å²) in [5.41, 5.74) is 0. The van der Waals surface area contributed by atoms with Crippen molar-refractivity contribution in [1.82, 2.24) is 0 Å². The molecule has 0 amide bonds. The number of rotatable bonds is 13. The van der Waals surface area contributed by atoms with Crippen molar-refractivity contribution in [3.8, 4) is 0 Å². The van der Waals surface area contributed by atoms with E-state index >= 15 is 0 Å². The van der Waals surface area contributed by atoms with Gasteiger partial charge in [-0.3, -0.25) is 8.42 Å². The van der Waals surface area contributed by atoms with Gasteiger partial charge in [-0.05, 0) is 37.1 Å². The van der Waals surface area contributed by atoms with Crippen LogP contribution in [0.2, 0.25) is 0 Å². The van der Waals surface area contributed by atoms with Crippen LogP contribution in [0, 0.1) is 0 Å². The molecule has 0 saturated carbocycles. The maximum Gasteiger partial charge on any atom is 0.113 e. The number of unbranched alkanes of at least 4 members (excludes halogenated alkanes) is 5. The van der Waals surface area contributed by atoms with Gasteiger partial charge in [0.2, 0.25) is 0 Å². The Morgan fingerprint density at radius 2 is 0.893 bits per heavy atom. The molecular weight excluding hydrogens is 431 g/mol.